The Morgan fingerprint density at radius 3 is 2.68 bits per heavy atom. The molecule has 1 aliphatic rings. The molecule has 0 saturated heterocycles. The molecule has 3 nitrogen and oxygen atoms in total. The second kappa shape index (κ2) is 6.42. The van der Waals surface area contributed by atoms with Crippen LogP contribution in [0.25, 0.3) is 6.08 Å². The number of ether oxygens (including phenoxy) is 2. The third-order valence-electron chi connectivity index (χ3n) is 3.22. The van der Waals surface area contributed by atoms with Gasteiger partial charge in [-0.1, -0.05) is 35.3 Å². The van der Waals surface area contributed by atoms with Gasteiger partial charge in [-0.3, -0.25) is 4.79 Å². The van der Waals surface area contributed by atoms with Gasteiger partial charge in [0, 0.05) is 11.1 Å². The lowest BCUT2D eigenvalue weighted by molar-refractivity contribution is 0.104. The van der Waals surface area contributed by atoms with E-state index in [1.807, 2.05) is 18.2 Å². The molecule has 0 atom stereocenters. The summed E-state index contributed by atoms with van der Waals surface area (Å²) in [6, 6.07) is 10.4. The molecule has 0 aliphatic carbocycles. The molecule has 1 aliphatic heterocycles. The van der Waals surface area contributed by atoms with Gasteiger partial charge in [0.25, 0.3) is 0 Å². The first kappa shape index (κ1) is 14.9. The van der Waals surface area contributed by atoms with Gasteiger partial charge in [0.15, 0.2) is 17.3 Å². The Bertz CT molecular complexity index is 754. The molecule has 0 amide bonds. The molecule has 22 heavy (non-hydrogen) atoms. The molecular formula is C17H12Cl2O3. The minimum atomic E-state index is -0.159. The van der Waals surface area contributed by atoms with Gasteiger partial charge in [-0.2, -0.15) is 0 Å². The van der Waals surface area contributed by atoms with Gasteiger partial charge in [0.2, 0.25) is 0 Å². The van der Waals surface area contributed by atoms with E-state index >= 15 is 0 Å². The summed E-state index contributed by atoms with van der Waals surface area (Å²) in [7, 11) is 0. The van der Waals surface area contributed by atoms with E-state index in [1.165, 1.54) is 6.08 Å². The number of fused-ring (bicyclic) bond motifs is 1. The minimum Gasteiger partial charge on any atom is -0.486 e. The highest BCUT2D eigenvalue weighted by molar-refractivity contribution is 6.42. The second-order valence-corrected chi connectivity index (χ2v) is 5.51. The molecular weight excluding hydrogens is 323 g/mol. The minimum absolute atomic E-state index is 0.159. The lowest BCUT2D eigenvalue weighted by Crippen LogP contribution is -2.15. The second-order valence-electron chi connectivity index (χ2n) is 4.70. The normalized spacial score (nSPS) is 13.4. The molecule has 0 radical (unpaired) electrons. The number of hydrogen-bond acceptors (Lipinski definition) is 3. The van der Waals surface area contributed by atoms with E-state index in [-0.39, 0.29) is 5.78 Å². The first-order valence-electron chi connectivity index (χ1n) is 6.71. The van der Waals surface area contributed by atoms with Gasteiger partial charge in [0.1, 0.15) is 13.2 Å². The van der Waals surface area contributed by atoms with Crippen molar-refractivity contribution >= 4 is 35.1 Å². The number of allylic oxidation sites excluding steroid dienone is 1. The zero-order valence-electron chi connectivity index (χ0n) is 11.5. The van der Waals surface area contributed by atoms with Crippen molar-refractivity contribution in [1.29, 1.82) is 0 Å². The Morgan fingerprint density at radius 1 is 1.05 bits per heavy atom. The van der Waals surface area contributed by atoms with Crippen LogP contribution in [0.15, 0.2) is 42.5 Å². The average molecular weight is 335 g/mol. The van der Waals surface area contributed by atoms with Crippen molar-refractivity contribution in [3.8, 4) is 11.5 Å². The fraction of sp³-hybridized carbons (Fsp3) is 0.118. The van der Waals surface area contributed by atoms with Crippen molar-refractivity contribution in [2.45, 2.75) is 0 Å². The van der Waals surface area contributed by atoms with Gasteiger partial charge in [-0.05, 0) is 36.4 Å². The SMILES string of the molecule is O=C(/C=C/c1cccc2c1OCCO2)c1ccc(Cl)c(Cl)c1. The van der Waals surface area contributed by atoms with Crippen molar-refractivity contribution in [1.82, 2.24) is 0 Å². The van der Waals surface area contributed by atoms with Crippen LogP contribution in [0.5, 0.6) is 11.5 Å². The summed E-state index contributed by atoms with van der Waals surface area (Å²) in [4.78, 5) is 12.2. The lowest BCUT2D eigenvalue weighted by Gasteiger charge is -2.19. The van der Waals surface area contributed by atoms with Gasteiger partial charge in [0.05, 0.1) is 10.0 Å². The van der Waals surface area contributed by atoms with Crippen LogP contribution in [0.4, 0.5) is 0 Å². The van der Waals surface area contributed by atoms with Gasteiger partial charge < -0.3 is 9.47 Å². The number of benzene rings is 2. The quantitative estimate of drug-likeness (QED) is 0.604. The summed E-state index contributed by atoms with van der Waals surface area (Å²) in [6.45, 7) is 1.03. The van der Waals surface area contributed by atoms with E-state index in [1.54, 1.807) is 24.3 Å². The van der Waals surface area contributed by atoms with Gasteiger partial charge in [-0.15, -0.1) is 0 Å². The van der Waals surface area contributed by atoms with Crippen LogP contribution in [0.2, 0.25) is 10.0 Å². The largest absolute Gasteiger partial charge is 0.486 e. The monoisotopic (exact) mass is 334 g/mol. The van der Waals surface area contributed by atoms with E-state index in [4.69, 9.17) is 32.7 Å². The van der Waals surface area contributed by atoms with Gasteiger partial charge >= 0.3 is 0 Å². The third-order valence-corrected chi connectivity index (χ3v) is 3.95. The van der Waals surface area contributed by atoms with Crippen molar-refractivity contribution in [2.24, 2.45) is 0 Å². The summed E-state index contributed by atoms with van der Waals surface area (Å²) >= 11 is 11.8. The zero-order valence-corrected chi connectivity index (χ0v) is 13.0. The number of carbonyl (C=O) groups excluding carboxylic acids is 1. The maximum Gasteiger partial charge on any atom is 0.185 e. The number of para-hydroxylation sites is 1. The molecule has 2 aromatic rings. The van der Waals surface area contributed by atoms with Crippen LogP contribution in [-0.4, -0.2) is 19.0 Å². The molecule has 0 N–H and O–H groups in total. The Hall–Kier alpha value is -1.97. The molecule has 0 saturated carbocycles. The number of ketones is 1. The highest BCUT2D eigenvalue weighted by Crippen LogP contribution is 2.34. The number of halogens is 2. The molecule has 0 unspecified atom stereocenters. The number of rotatable bonds is 3. The fourth-order valence-electron chi connectivity index (χ4n) is 2.14. The summed E-state index contributed by atoms with van der Waals surface area (Å²) in [5.74, 6) is 1.19. The maximum absolute atomic E-state index is 12.2. The molecule has 5 heteroatoms. The molecule has 2 aromatic carbocycles. The van der Waals surface area contributed by atoms with E-state index in [9.17, 15) is 4.79 Å². The predicted molar refractivity (Wildman–Crippen MR) is 87.3 cm³/mol. The van der Waals surface area contributed by atoms with E-state index in [2.05, 4.69) is 0 Å². The summed E-state index contributed by atoms with van der Waals surface area (Å²) < 4.78 is 11.1. The fourth-order valence-corrected chi connectivity index (χ4v) is 2.44. The summed E-state index contributed by atoms with van der Waals surface area (Å²) in [6.07, 6.45) is 3.19. The van der Waals surface area contributed by atoms with Crippen molar-refractivity contribution in [2.75, 3.05) is 13.2 Å². The first-order chi connectivity index (χ1) is 10.6. The van der Waals surface area contributed by atoms with Gasteiger partial charge in [-0.25, -0.2) is 0 Å². The van der Waals surface area contributed by atoms with Crippen LogP contribution >= 0.6 is 23.2 Å². The third kappa shape index (κ3) is 3.11. The highest BCUT2D eigenvalue weighted by atomic mass is 35.5. The Morgan fingerprint density at radius 2 is 1.86 bits per heavy atom. The van der Waals surface area contributed by atoms with Crippen molar-refractivity contribution < 1.29 is 14.3 Å². The molecule has 3 rings (SSSR count). The highest BCUT2D eigenvalue weighted by Gasteiger charge is 2.14. The topological polar surface area (TPSA) is 35.5 Å². The molecule has 1 heterocycles. The summed E-state index contributed by atoms with van der Waals surface area (Å²) in [5, 5.41) is 0.777. The maximum atomic E-state index is 12.2. The zero-order chi connectivity index (χ0) is 15.5. The smallest absolute Gasteiger partial charge is 0.185 e. The Labute approximate surface area is 138 Å². The Balaban J connectivity index is 1.85. The summed E-state index contributed by atoms with van der Waals surface area (Å²) in [5.41, 5.74) is 1.28. The number of carbonyl (C=O) groups is 1. The predicted octanol–water partition coefficient (Wildman–Crippen LogP) is 4.66. The van der Waals surface area contributed by atoms with Crippen LogP contribution in [0.3, 0.4) is 0 Å². The van der Waals surface area contributed by atoms with E-state index in [0.717, 1.165) is 5.56 Å². The molecule has 0 aromatic heterocycles. The van der Waals surface area contributed by atoms with Crippen molar-refractivity contribution in [3.05, 3.63) is 63.6 Å². The van der Waals surface area contributed by atoms with E-state index in [0.29, 0.717) is 40.3 Å². The number of hydrogen-bond donors (Lipinski definition) is 0. The van der Waals surface area contributed by atoms with Crippen LogP contribution in [0.1, 0.15) is 15.9 Å². The molecule has 0 spiro atoms. The molecule has 0 fully saturated rings. The average Bonchev–Trinajstić information content (AvgIpc) is 2.55. The van der Waals surface area contributed by atoms with Crippen LogP contribution in [-0.2, 0) is 0 Å². The lowest BCUT2D eigenvalue weighted by atomic mass is 10.1. The van der Waals surface area contributed by atoms with E-state index < -0.39 is 0 Å². The standard InChI is InChI=1S/C17H12Cl2O3/c18-13-6-4-12(10-14(13)19)15(20)7-5-11-2-1-3-16-17(11)22-9-8-21-16/h1-7,10H,8-9H2/b7-5+. The molecule has 112 valence electrons. The Kier molecular flexibility index (Phi) is 4.36. The van der Waals surface area contributed by atoms with Crippen molar-refractivity contribution in [3.63, 3.8) is 0 Å². The van der Waals surface area contributed by atoms with Crippen LogP contribution in [0, 0.1) is 0 Å². The molecule has 0 bridgehead atoms. The van der Waals surface area contributed by atoms with Crippen LogP contribution < -0.4 is 9.47 Å². The first-order valence-corrected chi connectivity index (χ1v) is 7.47.